The Hall–Kier alpha value is -0.850. The van der Waals surface area contributed by atoms with Crippen molar-refractivity contribution in [1.29, 1.82) is 0 Å². The number of alkyl halides is 1. The molecular formula is C13H18F. The molecule has 0 N–H and O–H groups in total. The predicted molar refractivity (Wildman–Crippen MR) is 59.0 cm³/mol. The highest BCUT2D eigenvalue weighted by molar-refractivity contribution is 5.33. The summed E-state index contributed by atoms with van der Waals surface area (Å²) < 4.78 is 12.4. The van der Waals surface area contributed by atoms with E-state index >= 15 is 0 Å². The Balaban J connectivity index is 2.68. The van der Waals surface area contributed by atoms with Crippen molar-refractivity contribution in [2.24, 2.45) is 0 Å². The van der Waals surface area contributed by atoms with E-state index in [2.05, 4.69) is 19.1 Å². The number of rotatable bonds is 5. The lowest BCUT2D eigenvalue weighted by Gasteiger charge is -2.08. The maximum Gasteiger partial charge on any atom is 0.0997 e. The molecule has 0 heterocycles. The molecule has 0 amide bonds. The van der Waals surface area contributed by atoms with Crippen LogP contribution in [0.2, 0.25) is 0 Å². The summed E-state index contributed by atoms with van der Waals surface area (Å²) in [6.07, 6.45) is 3.51. The zero-order valence-corrected chi connectivity index (χ0v) is 9.02. The largest absolute Gasteiger partial charge is 0.250 e. The number of hydrogen-bond donors (Lipinski definition) is 0. The molecule has 14 heavy (non-hydrogen) atoms. The predicted octanol–water partition coefficient (Wildman–Crippen LogP) is 3.94. The Morgan fingerprint density at radius 1 is 1.36 bits per heavy atom. The molecule has 0 aromatic heterocycles. The molecule has 0 saturated heterocycles. The number of hydrogen-bond acceptors (Lipinski definition) is 0. The SMILES string of the molecule is CCCCc1cccc([C](C)CF)c1. The van der Waals surface area contributed by atoms with Gasteiger partial charge in [-0.3, -0.25) is 4.39 Å². The molecule has 0 atom stereocenters. The van der Waals surface area contributed by atoms with Gasteiger partial charge < -0.3 is 0 Å². The number of unbranched alkanes of at least 4 members (excludes halogenated alkanes) is 1. The molecule has 1 radical (unpaired) electrons. The number of aryl methyl sites for hydroxylation is 1. The third-order valence-electron chi connectivity index (χ3n) is 2.44. The van der Waals surface area contributed by atoms with Crippen LogP contribution in [0.4, 0.5) is 4.39 Å². The van der Waals surface area contributed by atoms with Crippen LogP contribution in [0.25, 0.3) is 0 Å². The molecule has 1 aromatic rings. The molecule has 0 bridgehead atoms. The van der Waals surface area contributed by atoms with E-state index in [0.717, 1.165) is 17.9 Å². The van der Waals surface area contributed by atoms with Crippen LogP contribution in [0.3, 0.4) is 0 Å². The van der Waals surface area contributed by atoms with Gasteiger partial charge in [0.15, 0.2) is 0 Å². The first-order valence-electron chi connectivity index (χ1n) is 5.25. The quantitative estimate of drug-likeness (QED) is 0.664. The van der Waals surface area contributed by atoms with Crippen molar-refractivity contribution in [3.63, 3.8) is 0 Å². The zero-order chi connectivity index (χ0) is 10.4. The average molecular weight is 193 g/mol. The molecule has 0 aliphatic carbocycles. The summed E-state index contributed by atoms with van der Waals surface area (Å²) >= 11 is 0. The summed E-state index contributed by atoms with van der Waals surface area (Å²) in [4.78, 5) is 0. The van der Waals surface area contributed by atoms with Crippen molar-refractivity contribution in [1.82, 2.24) is 0 Å². The number of halogens is 1. The van der Waals surface area contributed by atoms with E-state index in [9.17, 15) is 4.39 Å². The van der Waals surface area contributed by atoms with Gasteiger partial charge in [-0.1, -0.05) is 44.5 Å². The molecule has 1 heteroatoms. The Bertz CT molecular complexity index is 268. The molecule has 0 aliphatic heterocycles. The van der Waals surface area contributed by atoms with Crippen LogP contribution in [0.15, 0.2) is 24.3 Å². The minimum atomic E-state index is -0.350. The van der Waals surface area contributed by atoms with Gasteiger partial charge in [-0.2, -0.15) is 0 Å². The van der Waals surface area contributed by atoms with Gasteiger partial charge in [-0.25, -0.2) is 0 Å². The van der Waals surface area contributed by atoms with Crippen molar-refractivity contribution in [2.45, 2.75) is 33.1 Å². The second-order valence-corrected chi connectivity index (χ2v) is 3.72. The van der Waals surface area contributed by atoms with E-state index in [1.54, 1.807) is 0 Å². The minimum Gasteiger partial charge on any atom is -0.250 e. The fraction of sp³-hybridized carbons (Fsp3) is 0.462. The van der Waals surface area contributed by atoms with Crippen molar-refractivity contribution >= 4 is 0 Å². The van der Waals surface area contributed by atoms with Crippen LogP contribution >= 0.6 is 0 Å². The second kappa shape index (κ2) is 5.79. The first-order chi connectivity index (χ1) is 6.77. The fourth-order valence-electron chi connectivity index (χ4n) is 1.45. The summed E-state index contributed by atoms with van der Waals surface area (Å²) in [5.41, 5.74) is 2.36. The fourth-order valence-corrected chi connectivity index (χ4v) is 1.45. The van der Waals surface area contributed by atoms with E-state index in [-0.39, 0.29) is 6.67 Å². The molecule has 0 fully saturated rings. The van der Waals surface area contributed by atoms with Gasteiger partial charge in [-0.05, 0) is 24.0 Å². The molecular weight excluding hydrogens is 175 g/mol. The second-order valence-electron chi connectivity index (χ2n) is 3.72. The maximum atomic E-state index is 12.4. The highest BCUT2D eigenvalue weighted by Crippen LogP contribution is 2.17. The highest BCUT2D eigenvalue weighted by Gasteiger charge is 2.05. The molecule has 77 valence electrons. The summed E-state index contributed by atoms with van der Waals surface area (Å²) in [7, 11) is 0. The van der Waals surface area contributed by atoms with E-state index < -0.39 is 0 Å². The van der Waals surface area contributed by atoms with Crippen LogP contribution in [0.5, 0.6) is 0 Å². The molecule has 0 nitrogen and oxygen atoms in total. The molecule has 0 aliphatic rings. The smallest absolute Gasteiger partial charge is 0.0997 e. The lowest BCUT2D eigenvalue weighted by atomic mass is 9.98. The highest BCUT2D eigenvalue weighted by atomic mass is 19.1. The summed E-state index contributed by atoms with van der Waals surface area (Å²) in [6.45, 7) is 3.68. The van der Waals surface area contributed by atoms with Crippen molar-refractivity contribution < 1.29 is 4.39 Å². The van der Waals surface area contributed by atoms with Gasteiger partial charge in [0.05, 0.1) is 6.67 Å². The molecule has 0 spiro atoms. The van der Waals surface area contributed by atoms with Crippen LogP contribution in [-0.2, 0) is 6.42 Å². The third-order valence-corrected chi connectivity index (χ3v) is 2.44. The normalized spacial score (nSPS) is 10.9. The summed E-state index contributed by atoms with van der Waals surface area (Å²) in [5.74, 6) is 0.823. The minimum absolute atomic E-state index is 0.350. The van der Waals surface area contributed by atoms with Gasteiger partial charge in [0, 0.05) is 5.92 Å². The standard InChI is InChI=1S/C13H18F/c1-3-4-6-12-7-5-8-13(9-12)11(2)10-14/h5,7-9H,3-4,6,10H2,1-2H3. The lowest BCUT2D eigenvalue weighted by Crippen LogP contribution is -1.97. The topological polar surface area (TPSA) is 0 Å². The van der Waals surface area contributed by atoms with E-state index in [0.29, 0.717) is 0 Å². The molecule has 0 saturated carbocycles. The Morgan fingerprint density at radius 3 is 2.79 bits per heavy atom. The summed E-state index contributed by atoms with van der Waals surface area (Å²) in [6, 6.07) is 8.21. The Labute approximate surface area is 86.2 Å². The Morgan fingerprint density at radius 2 is 2.14 bits per heavy atom. The van der Waals surface area contributed by atoms with Gasteiger partial charge in [0.2, 0.25) is 0 Å². The van der Waals surface area contributed by atoms with Crippen LogP contribution in [-0.4, -0.2) is 6.67 Å². The van der Waals surface area contributed by atoms with Crippen molar-refractivity contribution in [3.8, 4) is 0 Å². The van der Waals surface area contributed by atoms with E-state index in [4.69, 9.17) is 0 Å². The van der Waals surface area contributed by atoms with Crippen molar-refractivity contribution in [3.05, 3.63) is 41.3 Å². The van der Waals surface area contributed by atoms with Gasteiger partial charge in [-0.15, -0.1) is 0 Å². The van der Waals surface area contributed by atoms with E-state index in [1.165, 1.54) is 18.4 Å². The van der Waals surface area contributed by atoms with E-state index in [1.807, 2.05) is 19.1 Å². The molecule has 0 unspecified atom stereocenters. The first kappa shape index (κ1) is 11.2. The average Bonchev–Trinajstić information content (AvgIpc) is 2.25. The van der Waals surface area contributed by atoms with Gasteiger partial charge in [0.25, 0.3) is 0 Å². The Kier molecular flexibility index (Phi) is 4.64. The number of benzene rings is 1. The monoisotopic (exact) mass is 193 g/mol. The van der Waals surface area contributed by atoms with Crippen LogP contribution in [0, 0.1) is 5.92 Å². The van der Waals surface area contributed by atoms with Gasteiger partial charge in [0.1, 0.15) is 0 Å². The zero-order valence-electron chi connectivity index (χ0n) is 9.02. The van der Waals surface area contributed by atoms with Crippen molar-refractivity contribution in [2.75, 3.05) is 6.67 Å². The van der Waals surface area contributed by atoms with Crippen LogP contribution < -0.4 is 0 Å². The maximum absolute atomic E-state index is 12.4. The third kappa shape index (κ3) is 3.13. The lowest BCUT2D eigenvalue weighted by molar-refractivity contribution is 0.516. The van der Waals surface area contributed by atoms with Gasteiger partial charge >= 0.3 is 0 Å². The molecule has 1 rings (SSSR count). The first-order valence-corrected chi connectivity index (χ1v) is 5.25. The van der Waals surface area contributed by atoms with Crippen LogP contribution in [0.1, 0.15) is 37.8 Å². The molecule has 1 aromatic carbocycles. The summed E-state index contributed by atoms with van der Waals surface area (Å²) in [5, 5.41) is 0.